The highest BCUT2D eigenvalue weighted by molar-refractivity contribution is 7.80. The van der Waals surface area contributed by atoms with Gasteiger partial charge in [-0.25, -0.2) is 0 Å². The smallest absolute Gasteiger partial charge is 0.321 e. The van der Waals surface area contributed by atoms with Crippen molar-refractivity contribution in [2.24, 2.45) is 0 Å². The predicted octanol–water partition coefficient (Wildman–Crippen LogP) is 0.321. The van der Waals surface area contributed by atoms with E-state index in [1.807, 2.05) is 6.92 Å². The van der Waals surface area contributed by atoms with E-state index in [2.05, 4.69) is 12.6 Å². The highest BCUT2D eigenvalue weighted by Crippen LogP contribution is 1.97. The summed E-state index contributed by atoms with van der Waals surface area (Å²) in [5.74, 6) is -0.445. The fraction of sp³-hybridized carbons (Fsp3) is 0.833. The SMILES string of the molecule is CCN(C)[C@@H](CS)C(=O)O. The summed E-state index contributed by atoms with van der Waals surface area (Å²) in [6.45, 7) is 2.65. The Morgan fingerprint density at radius 2 is 2.30 bits per heavy atom. The Hall–Kier alpha value is -0.220. The molecule has 4 heteroatoms. The molecular formula is C6H13NO2S. The van der Waals surface area contributed by atoms with Crippen molar-refractivity contribution in [2.45, 2.75) is 13.0 Å². The molecule has 10 heavy (non-hydrogen) atoms. The Morgan fingerprint density at radius 3 is 2.40 bits per heavy atom. The van der Waals surface area contributed by atoms with Gasteiger partial charge in [-0.15, -0.1) is 0 Å². The van der Waals surface area contributed by atoms with Crippen molar-refractivity contribution in [3.05, 3.63) is 0 Å². The number of carbonyl (C=O) groups is 1. The number of rotatable bonds is 4. The van der Waals surface area contributed by atoms with Crippen LogP contribution in [0.4, 0.5) is 0 Å². The third-order valence-corrected chi connectivity index (χ3v) is 1.83. The summed E-state index contributed by atoms with van der Waals surface area (Å²) in [5, 5.41) is 8.58. The van der Waals surface area contributed by atoms with Gasteiger partial charge in [0.15, 0.2) is 0 Å². The van der Waals surface area contributed by atoms with Gasteiger partial charge in [0.05, 0.1) is 0 Å². The number of hydrogen-bond acceptors (Lipinski definition) is 3. The molecule has 0 aromatic heterocycles. The Morgan fingerprint density at radius 1 is 1.80 bits per heavy atom. The molecule has 0 radical (unpaired) electrons. The Balaban J connectivity index is 3.92. The minimum Gasteiger partial charge on any atom is -0.480 e. The number of thiol groups is 1. The summed E-state index contributed by atoms with van der Waals surface area (Å²) in [4.78, 5) is 12.2. The fourth-order valence-corrected chi connectivity index (χ4v) is 1.06. The molecule has 0 saturated carbocycles. The minimum absolute atomic E-state index is 0.361. The molecule has 0 aliphatic heterocycles. The maximum Gasteiger partial charge on any atom is 0.321 e. The van der Waals surface area contributed by atoms with Crippen LogP contribution in [-0.4, -0.2) is 41.4 Å². The van der Waals surface area contributed by atoms with Gasteiger partial charge in [-0.2, -0.15) is 12.6 Å². The molecule has 3 nitrogen and oxygen atoms in total. The topological polar surface area (TPSA) is 40.5 Å². The number of aliphatic carboxylic acids is 1. The van der Waals surface area contributed by atoms with E-state index >= 15 is 0 Å². The van der Waals surface area contributed by atoms with E-state index in [1.54, 1.807) is 11.9 Å². The van der Waals surface area contributed by atoms with Crippen molar-refractivity contribution in [3.63, 3.8) is 0 Å². The van der Waals surface area contributed by atoms with Gasteiger partial charge in [-0.05, 0) is 13.6 Å². The molecule has 0 aliphatic rings. The van der Waals surface area contributed by atoms with Crippen LogP contribution >= 0.6 is 12.6 Å². The molecule has 0 bridgehead atoms. The van der Waals surface area contributed by atoms with Gasteiger partial charge < -0.3 is 5.11 Å². The Kier molecular flexibility index (Phi) is 4.47. The third kappa shape index (κ3) is 2.58. The van der Waals surface area contributed by atoms with E-state index in [1.165, 1.54) is 0 Å². The van der Waals surface area contributed by atoms with E-state index < -0.39 is 12.0 Å². The zero-order chi connectivity index (χ0) is 8.15. The first kappa shape index (κ1) is 9.78. The zero-order valence-corrected chi connectivity index (χ0v) is 7.14. The lowest BCUT2D eigenvalue weighted by Crippen LogP contribution is -2.39. The molecule has 0 fully saturated rings. The highest BCUT2D eigenvalue weighted by atomic mass is 32.1. The quantitative estimate of drug-likeness (QED) is 0.586. The standard InChI is InChI=1S/C6H13NO2S/c1-3-7(2)5(4-10)6(8)9/h5,10H,3-4H2,1-2H3,(H,8,9)/t5-/m0/s1. The van der Waals surface area contributed by atoms with Crippen molar-refractivity contribution in [2.75, 3.05) is 19.3 Å². The van der Waals surface area contributed by atoms with E-state index in [4.69, 9.17) is 5.11 Å². The summed E-state index contributed by atoms with van der Waals surface area (Å²) >= 11 is 3.93. The van der Waals surface area contributed by atoms with E-state index in [0.717, 1.165) is 6.54 Å². The third-order valence-electron chi connectivity index (χ3n) is 1.49. The molecule has 0 unspecified atom stereocenters. The lowest BCUT2D eigenvalue weighted by molar-refractivity contribution is -0.141. The average Bonchev–Trinajstić information content (AvgIpc) is 1.88. The lowest BCUT2D eigenvalue weighted by atomic mass is 10.3. The molecular weight excluding hydrogens is 150 g/mol. The molecule has 1 atom stereocenters. The first-order valence-corrected chi connectivity index (χ1v) is 3.80. The number of nitrogens with zero attached hydrogens (tertiary/aromatic N) is 1. The van der Waals surface area contributed by atoms with Gasteiger partial charge in [0.1, 0.15) is 6.04 Å². The van der Waals surface area contributed by atoms with E-state index in [0.29, 0.717) is 5.75 Å². The molecule has 0 aromatic rings. The van der Waals surface area contributed by atoms with Gasteiger partial charge in [0.25, 0.3) is 0 Å². The van der Waals surface area contributed by atoms with Crippen LogP contribution in [0.5, 0.6) is 0 Å². The maximum absolute atomic E-state index is 10.4. The normalized spacial score (nSPS) is 13.6. The first-order chi connectivity index (χ1) is 4.63. The summed E-state index contributed by atoms with van der Waals surface area (Å²) in [6, 6.07) is -0.451. The fourth-order valence-electron chi connectivity index (χ4n) is 0.626. The second-order valence-electron chi connectivity index (χ2n) is 2.11. The summed E-state index contributed by atoms with van der Waals surface area (Å²) in [7, 11) is 1.77. The van der Waals surface area contributed by atoms with Crippen LogP contribution in [0.25, 0.3) is 0 Å². The average molecular weight is 163 g/mol. The van der Waals surface area contributed by atoms with Crippen molar-refractivity contribution < 1.29 is 9.90 Å². The number of carboxylic acid groups (broad SMARTS) is 1. The van der Waals surface area contributed by atoms with Crippen LogP contribution in [0.1, 0.15) is 6.92 Å². The van der Waals surface area contributed by atoms with Crippen molar-refractivity contribution in [3.8, 4) is 0 Å². The molecule has 60 valence electrons. The Labute approximate surface area is 66.4 Å². The van der Waals surface area contributed by atoms with Gasteiger partial charge in [0, 0.05) is 5.75 Å². The van der Waals surface area contributed by atoms with Crippen LogP contribution < -0.4 is 0 Å². The molecule has 0 rings (SSSR count). The highest BCUT2D eigenvalue weighted by Gasteiger charge is 2.18. The van der Waals surface area contributed by atoms with Crippen LogP contribution in [0, 0.1) is 0 Å². The second kappa shape index (κ2) is 4.57. The number of likely N-dealkylation sites (N-methyl/N-ethyl adjacent to an activating group) is 1. The van der Waals surface area contributed by atoms with Gasteiger partial charge in [-0.3, -0.25) is 9.69 Å². The van der Waals surface area contributed by atoms with Gasteiger partial charge >= 0.3 is 5.97 Å². The van der Waals surface area contributed by atoms with Crippen molar-refractivity contribution in [1.29, 1.82) is 0 Å². The van der Waals surface area contributed by atoms with E-state index in [-0.39, 0.29) is 0 Å². The molecule has 0 spiro atoms. The maximum atomic E-state index is 10.4. The summed E-state index contributed by atoms with van der Waals surface area (Å²) in [6.07, 6.45) is 0. The molecule has 0 amide bonds. The van der Waals surface area contributed by atoms with Crippen LogP contribution in [0.3, 0.4) is 0 Å². The Bertz CT molecular complexity index is 118. The van der Waals surface area contributed by atoms with E-state index in [9.17, 15) is 4.79 Å². The predicted molar refractivity (Wildman–Crippen MR) is 43.6 cm³/mol. The molecule has 0 heterocycles. The van der Waals surface area contributed by atoms with Gasteiger partial charge in [0.2, 0.25) is 0 Å². The first-order valence-electron chi connectivity index (χ1n) is 3.17. The van der Waals surface area contributed by atoms with Crippen LogP contribution in [-0.2, 0) is 4.79 Å². The van der Waals surface area contributed by atoms with Crippen molar-refractivity contribution >= 4 is 18.6 Å². The molecule has 1 N–H and O–H groups in total. The molecule has 0 saturated heterocycles. The minimum atomic E-state index is -0.806. The summed E-state index contributed by atoms with van der Waals surface area (Å²) < 4.78 is 0. The largest absolute Gasteiger partial charge is 0.480 e. The molecule has 0 aliphatic carbocycles. The lowest BCUT2D eigenvalue weighted by Gasteiger charge is -2.20. The number of hydrogen-bond donors (Lipinski definition) is 2. The van der Waals surface area contributed by atoms with Crippen molar-refractivity contribution in [1.82, 2.24) is 4.90 Å². The monoisotopic (exact) mass is 163 g/mol. The van der Waals surface area contributed by atoms with Crippen LogP contribution in [0.2, 0.25) is 0 Å². The molecule has 0 aromatic carbocycles. The second-order valence-corrected chi connectivity index (χ2v) is 2.47. The summed E-state index contributed by atoms with van der Waals surface area (Å²) in [5.41, 5.74) is 0. The van der Waals surface area contributed by atoms with Crippen LogP contribution in [0.15, 0.2) is 0 Å². The van der Waals surface area contributed by atoms with Gasteiger partial charge in [-0.1, -0.05) is 6.92 Å². The number of carboxylic acids is 1. The zero-order valence-electron chi connectivity index (χ0n) is 6.24.